The quantitative estimate of drug-likeness (QED) is 0.839. The first-order chi connectivity index (χ1) is 8.08. The van der Waals surface area contributed by atoms with E-state index in [-0.39, 0.29) is 0 Å². The number of benzene rings is 1. The van der Waals surface area contributed by atoms with Gasteiger partial charge in [0.1, 0.15) is 5.76 Å². The normalized spacial score (nSPS) is 10.2. The summed E-state index contributed by atoms with van der Waals surface area (Å²) in [5.41, 5.74) is 1.50. The number of aryl methyl sites for hydroxylation is 2. The van der Waals surface area contributed by atoms with Crippen molar-refractivity contribution in [1.29, 1.82) is 5.26 Å². The van der Waals surface area contributed by atoms with Crippen LogP contribution in [0.15, 0.2) is 37.2 Å². The van der Waals surface area contributed by atoms with Gasteiger partial charge in [0, 0.05) is 9.37 Å². The summed E-state index contributed by atoms with van der Waals surface area (Å²) in [6.07, 6.45) is 0. The Hall–Kier alpha value is -1.25. The molecular weight excluding hydrogens is 300 g/mol. The number of aromatic nitrogens is 1. The maximum Gasteiger partial charge on any atom is 0.260 e. The fourth-order valence-corrected chi connectivity index (χ4v) is 2.84. The molecule has 0 N–H and O–H groups in total. The zero-order valence-electron chi connectivity index (χ0n) is 9.32. The Labute approximate surface area is 112 Å². The smallest absolute Gasteiger partial charge is 0.260 e. The van der Waals surface area contributed by atoms with Gasteiger partial charge in [0.25, 0.3) is 5.22 Å². The largest absolute Gasteiger partial charge is 0.436 e. The summed E-state index contributed by atoms with van der Waals surface area (Å²) >= 11 is 4.78. The van der Waals surface area contributed by atoms with Gasteiger partial charge in [-0.3, -0.25) is 0 Å². The summed E-state index contributed by atoms with van der Waals surface area (Å²) in [5, 5.41) is 9.48. The van der Waals surface area contributed by atoms with Gasteiger partial charge in [-0.1, -0.05) is 15.9 Å². The van der Waals surface area contributed by atoms with E-state index in [0.29, 0.717) is 10.8 Å². The van der Waals surface area contributed by atoms with Crippen LogP contribution in [0.2, 0.25) is 0 Å². The summed E-state index contributed by atoms with van der Waals surface area (Å²) in [6, 6.07) is 7.63. The van der Waals surface area contributed by atoms with Crippen molar-refractivity contribution in [3.05, 3.63) is 39.7 Å². The van der Waals surface area contributed by atoms with Gasteiger partial charge in [-0.05, 0) is 43.8 Å². The van der Waals surface area contributed by atoms with Gasteiger partial charge < -0.3 is 4.42 Å². The minimum absolute atomic E-state index is 0.599. The number of nitriles is 1. The molecule has 2 aromatic rings. The molecule has 0 aliphatic carbocycles. The molecule has 17 heavy (non-hydrogen) atoms. The topological polar surface area (TPSA) is 49.8 Å². The molecule has 0 aliphatic rings. The molecule has 1 heterocycles. The fraction of sp³-hybridized carbons (Fsp3) is 0.167. The lowest BCUT2D eigenvalue weighted by molar-refractivity contribution is 0.431. The first kappa shape index (κ1) is 12.2. The van der Waals surface area contributed by atoms with Crippen molar-refractivity contribution < 1.29 is 4.42 Å². The predicted molar refractivity (Wildman–Crippen MR) is 69.0 cm³/mol. The van der Waals surface area contributed by atoms with E-state index < -0.39 is 0 Å². The Balaban J connectivity index is 2.30. The van der Waals surface area contributed by atoms with Crippen molar-refractivity contribution in [2.75, 3.05) is 0 Å². The summed E-state index contributed by atoms with van der Waals surface area (Å²) in [7, 11) is 0. The lowest BCUT2D eigenvalue weighted by Gasteiger charge is -1.99. The van der Waals surface area contributed by atoms with E-state index >= 15 is 0 Å². The van der Waals surface area contributed by atoms with Crippen LogP contribution in [0.3, 0.4) is 0 Å². The van der Waals surface area contributed by atoms with Gasteiger partial charge in [0.15, 0.2) is 0 Å². The first-order valence-corrected chi connectivity index (χ1v) is 6.52. The van der Waals surface area contributed by atoms with Crippen molar-refractivity contribution >= 4 is 27.7 Å². The highest BCUT2D eigenvalue weighted by Crippen LogP contribution is 2.31. The van der Waals surface area contributed by atoms with Crippen LogP contribution in [0.25, 0.3) is 0 Å². The Morgan fingerprint density at radius 2 is 2.12 bits per heavy atom. The molecule has 0 saturated carbocycles. The summed E-state index contributed by atoms with van der Waals surface area (Å²) < 4.78 is 6.36. The molecule has 0 unspecified atom stereocenters. The number of oxazole rings is 1. The van der Waals surface area contributed by atoms with Crippen LogP contribution in [0.1, 0.15) is 17.0 Å². The van der Waals surface area contributed by atoms with Gasteiger partial charge in [-0.15, -0.1) is 0 Å². The van der Waals surface area contributed by atoms with Crippen LogP contribution in [-0.4, -0.2) is 4.98 Å². The molecular formula is C12H9BrN2OS. The van der Waals surface area contributed by atoms with Gasteiger partial charge in [-0.25, -0.2) is 4.98 Å². The molecule has 86 valence electrons. The van der Waals surface area contributed by atoms with Crippen LogP contribution in [-0.2, 0) is 0 Å². The highest BCUT2D eigenvalue weighted by atomic mass is 79.9. The summed E-state index contributed by atoms with van der Waals surface area (Å²) in [4.78, 5) is 5.22. The van der Waals surface area contributed by atoms with Gasteiger partial charge in [0.05, 0.1) is 17.3 Å². The zero-order chi connectivity index (χ0) is 12.4. The van der Waals surface area contributed by atoms with Crippen LogP contribution in [0, 0.1) is 25.2 Å². The monoisotopic (exact) mass is 308 g/mol. The number of rotatable bonds is 2. The second-order valence-corrected chi connectivity index (χ2v) is 5.45. The molecule has 5 heteroatoms. The predicted octanol–water partition coefficient (Wildman–Crippen LogP) is 4.08. The molecule has 0 bridgehead atoms. The van der Waals surface area contributed by atoms with E-state index in [4.69, 9.17) is 9.68 Å². The average molecular weight is 309 g/mol. The third-order valence-electron chi connectivity index (χ3n) is 2.21. The Kier molecular flexibility index (Phi) is 3.55. The van der Waals surface area contributed by atoms with Crippen molar-refractivity contribution in [1.82, 2.24) is 4.98 Å². The second kappa shape index (κ2) is 4.94. The number of hydrogen-bond donors (Lipinski definition) is 0. The van der Waals surface area contributed by atoms with Crippen LogP contribution < -0.4 is 0 Å². The molecule has 3 nitrogen and oxygen atoms in total. The third kappa shape index (κ3) is 2.90. The van der Waals surface area contributed by atoms with E-state index in [1.807, 2.05) is 26.0 Å². The number of halogens is 1. The SMILES string of the molecule is Cc1nc(Sc2cc(Br)cc(C#N)c2)oc1C. The molecule has 1 aromatic heterocycles. The maximum atomic E-state index is 8.88. The molecule has 1 aromatic carbocycles. The van der Waals surface area contributed by atoms with E-state index in [2.05, 4.69) is 27.0 Å². The molecule has 0 amide bonds. The first-order valence-electron chi connectivity index (χ1n) is 4.91. The minimum atomic E-state index is 0.599. The lowest BCUT2D eigenvalue weighted by Crippen LogP contribution is -1.79. The Bertz CT molecular complexity index is 582. The van der Waals surface area contributed by atoms with Crippen LogP contribution in [0.4, 0.5) is 0 Å². The summed E-state index contributed by atoms with van der Waals surface area (Å²) in [6.45, 7) is 3.79. The van der Waals surface area contributed by atoms with E-state index in [1.165, 1.54) is 11.8 Å². The highest BCUT2D eigenvalue weighted by molar-refractivity contribution is 9.10. The van der Waals surface area contributed by atoms with Crippen molar-refractivity contribution in [2.24, 2.45) is 0 Å². The van der Waals surface area contributed by atoms with Gasteiger partial charge >= 0.3 is 0 Å². The zero-order valence-corrected chi connectivity index (χ0v) is 11.7. The standard InChI is InChI=1S/C12H9BrN2OS/c1-7-8(2)16-12(15-7)17-11-4-9(6-14)3-10(13)5-11/h3-5H,1-2H3. The summed E-state index contributed by atoms with van der Waals surface area (Å²) in [5.74, 6) is 0.822. The van der Waals surface area contributed by atoms with Crippen LogP contribution in [0.5, 0.6) is 0 Å². The molecule has 0 spiro atoms. The Morgan fingerprint density at radius 1 is 1.35 bits per heavy atom. The van der Waals surface area contributed by atoms with E-state index in [1.54, 1.807) is 6.07 Å². The molecule has 0 fully saturated rings. The maximum absolute atomic E-state index is 8.88. The van der Waals surface area contributed by atoms with Crippen molar-refractivity contribution in [3.8, 4) is 6.07 Å². The second-order valence-electron chi connectivity index (χ2n) is 3.51. The van der Waals surface area contributed by atoms with Crippen molar-refractivity contribution in [2.45, 2.75) is 24.0 Å². The molecule has 0 saturated heterocycles. The van der Waals surface area contributed by atoms with E-state index in [9.17, 15) is 0 Å². The highest BCUT2D eigenvalue weighted by Gasteiger charge is 2.08. The fourth-order valence-electron chi connectivity index (χ4n) is 1.27. The molecule has 0 atom stereocenters. The van der Waals surface area contributed by atoms with E-state index in [0.717, 1.165) is 20.8 Å². The minimum Gasteiger partial charge on any atom is -0.436 e. The van der Waals surface area contributed by atoms with Gasteiger partial charge in [0.2, 0.25) is 0 Å². The lowest BCUT2D eigenvalue weighted by atomic mass is 10.2. The Morgan fingerprint density at radius 3 is 2.71 bits per heavy atom. The number of hydrogen-bond acceptors (Lipinski definition) is 4. The molecule has 0 aliphatic heterocycles. The van der Waals surface area contributed by atoms with Crippen LogP contribution >= 0.6 is 27.7 Å². The number of nitrogens with zero attached hydrogens (tertiary/aromatic N) is 2. The van der Waals surface area contributed by atoms with Gasteiger partial charge in [-0.2, -0.15) is 5.26 Å². The average Bonchev–Trinajstić information content (AvgIpc) is 2.57. The molecule has 0 radical (unpaired) electrons. The van der Waals surface area contributed by atoms with Crippen molar-refractivity contribution in [3.63, 3.8) is 0 Å². The third-order valence-corrected chi connectivity index (χ3v) is 3.49. The molecule has 2 rings (SSSR count).